The third-order valence-electron chi connectivity index (χ3n) is 5.20. The number of piperazine rings is 1. The maximum absolute atomic E-state index is 9.55. The number of methoxy groups -OCH3 is 1. The van der Waals surface area contributed by atoms with Gasteiger partial charge in [0, 0.05) is 62.6 Å². The molecule has 3 rings (SSSR count). The Kier molecular flexibility index (Phi) is 16.6. The van der Waals surface area contributed by atoms with Gasteiger partial charge in [0.2, 0.25) is 0 Å². The number of aliphatic imine (C=N–C) groups is 1. The number of carboxylic acids is 4. The predicted molar refractivity (Wildman–Crippen MR) is 160 cm³/mol. The van der Waals surface area contributed by atoms with Crippen LogP contribution in [-0.2, 0) is 19.2 Å². The molecule has 0 radical (unpaired) electrons. The fourth-order valence-corrected chi connectivity index (χ4v) is 3.22. The van der Waals surface area contributed by atoms with Crippen molar-refractivity contribution in [3.05, 3.63) is 97.1 Å². The maximum Gasteiger partial charge on any atom is 0.328 e. The molecule has 4 N–H and O–H groups in total. The molecule has 1 fully saturated rings. The molecule has 0 saturated carbocycles. The van der Waals surface area contributed by atoms with Crippen molar-refractivity contribution < 1.29 is 44.3 Å². The van der Waals surface area contributed by atoms with Crippen LogP contribution in [0.4, 0.5) is 5.69 Å². The zero-order valence-corrected chi connectivity index (χ0v) is 23.5. The zero-order valence-electron chi connectivity index (χ0n) is 23.5. The van der Waals surface area contributed by atoms with Crippen LogP contribution in [0.25, 0.3) is 0 Å². The monoisotopic (exact) mass is 591 g/mol. The molecule has 1 aliphatic heterocycles. The van der Waals surface area contributed by atoms with Crippen LogP contribution < -0.4 is 4.74 Å². The van der Waals surface area contributed by atoms with E-state index in [-0.39, 0.29) is 0 Å². The Hall–Kier alpha value is -5.67. The van der Waals surface area contributed by atoms with Gasteiger partial charge in [0.1, 0.15) is 5.75 Å². The smallest absolute Gasteiger partial charge is 0.328 e. The molecule has 0 unspecified atom stereocenters. The average molecular weight is 592 g/mol. The van der Waals surface area contributed by atoms with Crippen molar-refractivity contribution in [3.8, 4) is 17.6 Å². The molecule has 12 nitrogen and oxygen atoms in total. The predicted octanol–water partition coefficient (Wildman–Crippen LogP) is 3.00. The van der Waals surface area contributed by atoms with Crippen molar-refractivity contribution in [2.45, 2.75) is 0 Å². The molecule has 226 valence electrons. The van der Waals surface area contributed by atoms with Crippen LogP contribution in [-0.4, -0.2) is 99.8 Å². The largest absolute Gasteiger partial charge is 0.497 e. The van der Waals surface area contributed by atoms with Gasteiger partial charge in [-0.05, 0) is 42.3 Å². The first-order chi connectivity index (χ1) is 20.5. The lowest BCUT2D eigenvalue weighted by Gasteiger charge is -2.34. The minimum Gasteiger partial charge on any atom is -0.497 e. The van der Waals surface area contributed by atoms with E-state index in [2.05, 4.69) is 28.2 Å². The summed E-state index contributed by atoms with van der Waals surface area (Å²) < 4.78 is 5.23. The molecule has 0 amide bonds. The molecule has 0 spiro atoms. The van der Waals surface area contributed by atoms with Gasteiger partial charge >= 0.3 is 23.9 Å². The molecule has 2 aromatic rings. The number of hydrogen-bond donors (Lipinski definition) is 4. The maximum atomic E-state index is 9.55. The number of amidine groups is 1. The first kappa shape index (κ1) is 35.4. The number of nitrogens with zero attached hydrogens (tertiary/aromatic N) is 3. The summed E-state index contributed by atoms with van der Waals surface area (Å²) >= 11 is 0. The van der Waals surface area contributed by atoms with Crippen LogP contribution in [0.5, 0.6) is 5.75 Å². The van der Waals surface area contributed by atoms with E-state index < -0.39 is 23.9 Å². The minimum absolute atomic E-state index is 0.558. The lowest BCUT2D eigenvalue weighted by Crippen LogP contribution is -2.48. The van der Waals surface area contributed by atoms with Crippen molar-refractivity contribution in [2.24, 2.45) is 4.99 Å². The number of aliphatic carboxylic acids is 4. The number of ether oxygens (including phenoxy) is 1. The first-order valence-electron chi connectivity index (χ1n) is 12.7. The van der Waals surface area contributed by atoms with Crippen molar-refractivity contribution in [2.75, 3.05) is 39.8 Å². The second-order valence-corrected chi connectivity index (χ2v) is 8.35. The van der Waals surface area contributed by atoms with E-state index in [9.17, 15) is 19.2 Å². The van der Waals surface area contributed by atoms with E-state index in [4.69, 9.17) is 30.2 Å². The van der Waals surface area contributed by atoms with Gasteiger partial charge in [-0.25, -0.2) is 24.2 Å². The Balaban J connectivity index is 0.000000476. The van der Waals surface area contributed by atoms with Gasteiger partial charge in [0.25, 0.3) is 0 Å². The SMILES string of the molecule is C=CCN1CCN(C(C#Cc2ccccc2)=Nc2ccc(OC)cc2)CC1.O=C(O)/C=C\C(=O)O.O=C(O)/C=C\C(=O)O. The molecule has 0 aromatic heterocycles. The molecule has 0 atom stereocenters. The Morgan fingerprint density at radius 1 is 0.814 bits per heavy atom. The third kappa shape index (κ3) is 16.9. The summed E-state index contributed by atoms with van der Waals surface area (Å²) in [5, 5.41) is 31.2. The zero-order chi connectivity index (χ0) is 32.0. The van der Waals surface area contributed by atoms with Crippen LogP contribution in [0.15, 0.2) is 96.5 Å². The summed E-state index contributed by atoms with van der Waals surface area (Å²) in [6.07, 6.45) is 4.19. The quantitative estimate of drug-likeness (QED) is 0.117. The van der Waals surface area contributed by atoms with Gasteiger partial charge in [-0.3, -0.25) is 4.90 Å². The van der Waals surface area contributed by atoms with Crippen molar-refractivity contribution in [3.63, 3.8) is 0 Å². The van der Waals surface area contributed by atoms with Crippen molar-refractivity contribution in [1.82, 2.24) is 9.80 Å². The Morgan fingerprint density at radius 2 is 1.30 bits per heavy atom. The highest BCUT2D eigenvalue weighted by molar-refractivity contribution is 6.00. The number of rotatable bonds is 8. The summed E-state index contributed by atoms with van der Waals surface area (Å²) in [5.74, 6) is 3.13. The first-order valence-corrected chi connectivity index (χ1v) is 12.7. The normalized spacial score (nSPS) is 13.0. The molecule has 0 bridgehead atoms. The van der Waals surface area contributed by atoms with E-state index in [1.54, 1.807) is 7.11 Å². The minimum atomic E-state index is -1.26. The molecule has 0 aliphatic carbocycles. The molecule has 43 heavy (non-hydrogen) atoms. The van der Waals surface area contributed by atoms with Gasteiger partial charge in [0.05, 0.1) is 12.8 Å². The fourth-order valence-electron chi connectivity index (χ4n) is 3.22. The van der Waals surface area contributed by atoms with Gasteiger partial charge in [0.15, 0.2) is 5.84 Å². The van der Waals surface area contributed by atoms with Crippen LogP contribution in [0.2, 0.25) is 0 Å². The third-order valence-corrected chi connectivity index (χ3v) is 5.20. The van der Waals surface area contributed by atoms with Crippen LogP contribution in [0.1, 0.15) is 5.56 Å². The van der Waals surface area contributed by atoms with E-state index >= 15 is 0 Å². The molecule has 2 aromatic carbocycles. The number of carboxylic acid groups (broad SMARTS) is 4. The highest BCUT2D eigenvalue weighted by Gasteiger charge is 2.18. The second-order valence-electron chi connectivity index (χ2n) is 8.35. The Morgan fingerprint density at radius 3 is 1.72 bits per heavy atom. The van der Waals surface area contributed by atoms with Crippen molar-refractivity contribution >= 4 is 35.4 Å². The molecule has 1 saturated heterocycles. The van der Waals surface area contributed by atoms with Crippen molar-refractivity contribution in [1.29, 1.82) is 0 Å². The highest BCUT2D eigenvalue weighted by atomic mass is 16.5. The Bertz CT molecular complexity index is 1300. The van der Waals surface area contributed by atoms with E-state index in [1.807, 2.05) is 60.7 Å². The van der Waals surface area contributed by atoms with Crippen LogP contribution in [0, 0.1) is 11.8 Å². The Labute approximate surface area is 249 Å². The van der Waals surface area contributed by atoms with E-state index in [0.717, 1.165) is 55.6 Å². The summed E-state index contributed by atoms with van der Waals surface area (Å²) in [6, 6.07) is 17.8. The summed E-state index contributed by atoms with van der Waals surface area (Å²) in [5.41, 5.74) is 1.87. The summed E-state index contributed by atoms with van der Waals surface area (Å²) in [6.45, 7) is 8.55. The topological polar surface area (TPSA) is 177 Å². The van der Waals surface area contributed by atoms with E-state index in [1.165, 1.54) is 0 Å². The van der Waals surface area contributed by atoms with E-state index in [0.29, 0.717) is 24.3 Å². The molecular formula is C31H33N3O9. The molecule has 1 heterocycles. The van der Waals surface area contributed by atoms with Crippen LogP contribution >= 0.6 is 0 Å². The summed E-state index contributed by atoms with van der Waals surface area (Å²) in [4.78, 5) is 47.7. The number of carbonyl (C=O) groups is 4. The van der Waals surface area contributed by atoms with Gasteiger partial charge in [-0.2, -0.15) is 0 Å². The number of hydrogen-bond acceptors (Lipinski definition) is 7. The van der Waals surface area contributed by atoms with Gasteiger partial charge in [-0.1, -0.05) is 30.2 Å². The molecule has 1 aliphatic rings. The standard InChI is InChI=1S/C23H25N3O.2C4H4O4/c1-3-15-25-16-18-26(19-17-25)23(14-9-20-7-5-4-6-8-20)24-21-10-12-22(27-2)13-11-21;2*5-3(6)1-2-4(7)8/h3-8,10-13H,1,15-19H2,2H3;2*1-2H,(H,5,6)(H,7,8)/b;2*2-1-. The highest BCUT2D eigenvalue weighted by Crippen LogP contribution is 2.18. The molecule has 12 heteroatoms. The average Bonchev–Trinajstić information content (AvgIpc) is 2.99. The van der Waals surface area contributed by atoms with Crippen LogP contribution in [0.3, 0.4) is 0 Å². The second kappa shape index (κ2) is 20.2. The van der Waals surface area contributed by atoms with Gasteiger partial charge in [-0.15, -0.1) is 6.58 Å². The number of benzene rings is 2. The molecular weight excluding hydrogens is 558 g/mol. The lowest BCUT2D eigenvalue weighted by molar-refractivity contribution is -0.134. The van der Waals surface area contributed by atoms with Gasteiger partial charge < -0.3 is 30.1 Å². The fraction of sp³-hybridized carbons (Fsp3) is 0.194. The summed E-state index contributed by atoms with van der Waals surface area (Å²) in [7, 11) is 1.66. The lowest BCUT2D eigenvalue weighted by atomic mass is 10.2.